The van der Waals surface area contributed by atoms with E-state index in [1.165, 1.54) is 12.1 Å². The van der Waals surface area contributed by atoms with Gasteiger partial charge in [-0.15, -0.1) is 0 Å². The molecule has 2 amide bonds. The number of hydrogen-bond acceptors (Lipinski definition) is 3. The minimum atomic E-state index is -0.419. The van der Waals surface area contributed by atoms with Crippen molar-refractivity contribution in [3.05, 3.63) is 35.6 Å². The van der Waals surface area contributed by atoms with E-state index in [0.29, 0.717) is 0 Å². The molecule has 2 unspecified atom stereocenters. The molecule has 0 bridgehead atoms. The molecule has 25 heavy (non-hydrogen) atoms. The second-order valence-electron chi connectivity index (χ2n) is 7.25. The molecule has 3 N–H and O–H groups in total. The topological polar surface area (TPSA) is 64.6 Å². The van der Waals surface area contributed by atoms with Crippen LogP contribution in [0.25, 0.3) is 0 Å². The van der Waals surface area contributed by atoms with Crippen molar-refractivity contribution in [2.24, 2.45) is 0 Å². The molecule has 0 aromatic heterocycles. The Balaban J connectivity index is 1.38. The van der Waals surface area contributed by atoms with Crippen LogP contribution in [-0.2, 0) is 6.54 Å². The van der Waals surface area contributed by atoms with E-state index in [-0.39, 0.29) is 23.9 Å². The maximum Gasteiger partial charge on any atom is 0.315 e. The van der Waals surface area contributed by atoms with Crippen molar-refractivity contribution in [2.45, 2.75) is 63.3 Å². The number of benzene rings is 1. The van der Waals surface area contributed by atoms with Gasteiger partial charge in [0.1, 0.15) is 5.82 Å². The van der Waals surface area contributed by atoms with Crippen molar-refractivity contribution < 1.29 is 14.3 Å². The zero-order valence-electron chi connectivity index (χ0n) is 14.6. The summed E-state index contributed by atoms with van der Waals surface area (Å²) in [5.74, 6) is -0.208. The smallest absolute Gasteiger partial charge is 0.315 e. The highest BCUT2D eigenvalue weighted by molar-refractivity contribution is 5.74. The first-order valence-corrected chi connectivity index (χ1v) is 9.32. The summed E-state index contributed by atoms with van der Waals surface area (Å²) in [7, 11) is 0. The SMILES string of the molecule is O=C(NC1CCN(Cc2ccc(F)cc2)CC1)NC1CCCCC1O. The second kappa shape index (κ2) is 8.63. The number of hydrogen-bond donors (Lipinski definition) is 3. The Morgan fingerprint density at radius 1 is 1.08 bits per heavy atom. The van der Waals surface area contributed by atoms with Crippen LogP contribution in [0.2, 0.25) is 0 Å². The predicted octanol–water partition coefficient (Wildman–Crippen LogP) is 2.39. The molecule has 3 rings (SSSR count). The van der Waals surface area contributed by atoms with E-state index < -0.39 is 6.10 Å². The number of amides is 2. The normalized spacial score (nSPS) is 25.5. The molecule has 138 valence electrons. The van der Waals surface area contributed by atoms with E-state index in [1.54, 1.807) is 0 Å². The van der Waals surface area contributed by atoms with E-state index in [0.717, 1.165) is 63.7 Å². The van der Waals surface area contributed by atoms with Crippen LogP contribution >= 0.6 is 0 Å². The quantitative estimate of drug-likeness (QED) is 0.782. The van der Waals surface area contributed by atoms with Gasteiger partial charge in [0.2, 0.25) is 0 Å². The summed E-state index contributed by atoms with van der Waals surface area (Å²) in [6, 6.07) is 6.52. The number of urea groups is 1. The lowest BCUT2D eigenvalue weighted by molar-refractivity contribution is 0.0934. The van der Waals surface area contributed by atoms with Gasteiger partial charge in [0.15, 0.2) is 0 Å². The number of likely N-dealkylation sites (tertiary alicyclic amines) is 1. The third-order valence-corrected chi connectivity index (χ3v) is 5.29. The summed E-state index contributed by atoms with van der Waals surface area (Å²) in [4.78, 5) is 14.5. The molecule has 0 radical (unpaired) electrons. The standard InChI is InChI=1S/C19H28FN3O2/c20-15-7-5-14(6-8-15)13-23-11-9-16(10-12-23)21-19(25)22-17-3-1-2-4-18(17)24/h5-8,16-18,24H,1-4,9-13H2,(H2,21,22,25). The predicted molar refractivity (Wildman–Crippen MR) is 94.6 cm³/mol. The van der Waals surface area contributed by atoms with Crippen LogP contribution in [0, 0.1) is 5.82 Å². The fourth-order valence-corrected chi connectivity index (χ4v) is 3.76. The molecule has 1 heterocycles. The molecule has 6 heteroatoms. The zero-order chi connectivity index (χ0) is 17.6. The van der Waals surface area contributed by atoms with Gasteiger partial charge in [-0.25, -0.2) is 9.18 Å². The highest BCUT2D eigenvalue weighted by atomic mass is 19.1. The lowest BCUT2D eigenvalue weighted by Gasteiger charge is -2.33. The van der Waals surface area contributed by atoms with Crippen molar-refractivity contribution in [3.8, 4) is 0 Å². The van der Waals surface area contributed by atoms with Gasteiger partial charge in [0.05, 0.1) is 12.1 Å². The Labute approximate surface area is 148 Å². The lowest BCUT2D eigenvalue weighted by Crippen LogP contribution is -2.53. The summed E-state index contributed by atoms with van der Waals surface area (Å²) < 4.78 is 13.0. The number of aliphatic hydroxyl groups excluding tert-OH is 1. The molecule has 1 aromatic carbocycles. The van der Waals surface area contributed by atoms with Gasteiger partial charge < -0.3 is 15.7 Å². The van der Waals surface area contributed by atoms with Crippen molar-refractivity contribution in [2.75, 3.05) is 13.1 Å². The fourth-order valence-electron chi connectivity index (χ4n) is 3.76. The summed E-state index contributed by atoms with van der Waals surface area (Å²) in [5.41, 5.74) is 1.11. The maximum absolute atomic E-state index is 13.0. The van der Waals surface area contributed by atoms with Gasteiger partial charge in [-0.3, -0.25) is 4.90 Å². The minimum absolute atomic E-state index is 0.118. The third-order valence-electron chi connectivity index (χ3n) is 5.29. The number of carbonyl (C=O) groups is 1. The van der Waals surface area contributed by atoms with Crippen molar-refractivity contribution in [3.63, 3.8) is 0 Å². The zero-order valence-corrected chi connectivity index (χ0v) is 14.6. The number of nitrogens with one attached hydrogen (secondary N) is 2. The fraction of sp³-hybridized carbons (Fsp3) is 0.632. The molecule has 1 saturated heterocycles. The number of rotatable bonds is 4. The van der Waals surface area contributed by atoms with Crippen LogP contribution < -0.4 is 10.6 Å². The number of piperidine rings is 1. The van der Waals surface area contributed by atoms with Crippen molar-refractivity contribution in [1.82, 2.24) is 15.5 Å². The van der Waals surface area contributed by atoms with Gasteiger partial charge in [-0.2, -0.15) is 0 Å². The molecule has 1 aromatic rings. The van der Waals surface area contributed by atoms with Crippen LogP contribution in [-0.4, -0.2) is 47.3 Å². The second-order valence-corrected chi connectivity index (χ2v) is 7.25. The third kappa shape index (κ3) is 5.41. The average Bonchev–Trinajstić information content (AvgIpc) is 2.61. The van der Waals surface area contributed by atoms with E-state index in [1.807, 2.05) is 12.1 Å². The van der Waals surface area contributed by atoms with E-state index in [2.05, 4.69) is 15.5 Å². The van der Waals surface area contributed by atoms with Crippen LogP contribution in [0.5, 0.6) is 0 Å². The van der Waals surface area contributed by atoms with Crippen LogP contribution in [0.3, 0.4) is 0 Å². The van der Waals surface area contributed by atoms with Gasteiger partial charge in [0.25, 0.3) is 0 Å². The summed E-state index contributed by atoms with van der Waals surface area (Å²) in [6.07, 6.45) is 5.11. The Kier molecular flexibility index (Phi) is 6.26. The first kappa shape index (κ1) is 18.1. The summed E-state index contributed by atoms with van der Waals surface area (Å²) >= 11 is 0. The number of carbonyl (C=O) groups excluding carboxylic acids is 1. The first-order valence-electron chi connectivity index (χ1n) is 9.32. The number of aliphatic hydroxyl groups is 1. The largest absolute Gasteiger partial charge is 0.391 e. The maximum atomic E-state index is 13.0. The first-order chi connectivity index (χ1) is 12.1. The Bertz CT molecular complexity index is 558. The summed E-state index contributed by atoms with van der Waals surface area (Å²) in [5, 5.41) is 15.9. The molecule has 2 fully saturated rings. The van der Waals surface area contributed by atoms with Gasteiger partial charge in [0, 0.05) is 25.7 Å². The van der Waals surface area contributed by atoms with Crippen molar-refractivity contribution in [1.29, 1.82) is 0 Å². The van der Waals surface area contributed by atoms with Crippen LogP contribution in [0.1, 0.15) is 44.1 Å². The summed E-state index contributed by atoms with van der Waals surface area (Å²) in [6.45, 7) is 2.64. The Morgan fingerprint density at radius 2 is 1.76 bits per heavy atom. The molecule has 2 atom stereocenters. The molecule has 5 nitrogen and oxygen atoms in total. The van der Waals surface area contributed by atoms with E-state index in [4.69, 9.17) is 0 Å². The van der Waals surface area contributed by atoms with Crippen molar-refractivity contribution >= 4 is 6.03 Å². The monoisotopic (exact) mass is 349 g/mol. The van der Waals surface area contributed by atoms with Gasteiger partial charge in [-0.1, -0.05) is 25.0 Å². The lowest BCUT2D eigenvalue weighted by atomic mass is 9.93. The van der Waals surface area contributed by atoms with Gasteiger partial charge in [-0.05, 0) is 43.4 Å². The highest BCUT2D eigenvalue weighted by Crippen LogP contribution is 2.18. The molecule has 1 aliphatic carbocycles. The Morgan fingerprint density at radius 3 is 2.44 bits per heavy atom. The number of halogens is 1. The highest BCUT2D eigenvalue weighted by Gasteiger charge is 2.26. The average molecular weight is 349 g/mol. The van der Waals surface area contributed by atoms with Crippen LogP contribution in [0.15, 0.2) is 24.3 Å². The molecule has 1 aliphatic heterocycles. The van der Waals surface area contributed by atoms with E-state index >= 15 is 0 Å². The molecular formula is C19H28FN3O2. The van der Waals surface area contributed by atoms with Crippen LogP contribution in [0.4, 0.5) is 9.18 Å². The Hall–Kier alpha value is -1.66. The molecular weight excluding hydrogens is 321 g/mol. The molecule has 2 aliphatic rings. The minimum Gasteiger partial charge on any atom is -0.391 e. The van der Waals surface area contributed by atoms with E-state index in [9.17, 15) is 14.3 Å². The van der Waals surface area contributed by atoms with Gasteiger partial charge >= 0.3 is 6.03 Å². The molecule has 0 spiro atoms. The number of nitrogens with zero attached hydrogens (tertiary/aromatic N) is 1. The molecule has 1 saturated carbocycles.